The fraction of sp³-hybridized carbons (Fsp3) is 0.606. The number of carbonyl (C=O) groups excluding carboxylic acids is 5. The molecule has 0 radical (unpaired) electrons. The lowest BCUT2D eigenvalue weighted by atomic mass is 9.94. The standard InChI is InChI=1S/C33H41FN4O8S/c1-20(39)14-21-8-5-3-2-4-6-10-23-16-33(23,31(42)36-47(44,45)25-12-13-25)35-29(40)28-15-24(18-38(28)30(21)41)46-32(43)37-17-22-9-7-11-27(34)26(22)19-37/h6-7,9-11,21,23-25,28H,2-5,8,12-19H2,1H3,(H,35,40)(H,36,42)/b10-6-/t21-,23-,24-,28+,33-/m1/s1. The van der Waals surface area contributed by atoms with E-state index in [9.17, 15) is 36.8 Å². The van der Waals surface area contributed by atoms with E-state index >= 15 is 0 Å². The molecule has 4 amide bonds. The van der Waals surface area contributed by atoms with Crippen LogP contribution in [-0.2, 0) is 47.0 Å². The molecule has 3 heterocycles. The molecule has 14 heteroatoms. The van der Waals surface area contributed by atoms with Crippen LogP contribution in [0.5, 0.6) is 0 Å². The van der Waals surface area contributed by atoms with Crippen LogP contribution in [-0.4, -0.2) is 77.3 Å². The fourth-order valence-corrected chi connectivity index (χ4v) is 8.42. The Morgan fingerprint density at radius 2 is 1.89 bits per heavy atom. The number of nitrogens with zero attached hydrogens (tertiary/aromatic N) is 2. The second kappa shape index (κ2) is 13.0. The zero-order valence-corrected chi connectivity index (χ0v) is 27.2. The van der Waals surface area contributed by atoms with Crippen molar-refractivity contribution in [1.29, 1.82) is 0 Å². The van der Waals surface area contributed by atoms with E-state index in [1.54, 1.807) is 12.1 Å². The first-order valence-corrected chi connectivity index (χ1v) is 18.0. The highest BCUT2D eigenvalue weighted by Gasteiger charge is 2.62. The molecule has 3 aliphatic heterocycles. The summed E-state index contributed by atoms with van der Waals surface area (Å²) < 4.78 is 47.6. The summed E-state index contributed by atoms with van der Waals surface area (Å²) in [6.45, 7) is 1.48. The number of Topliss-reactive ketones (excluding diaryl/α,β-unsaturated/α-hetero) is 1. The van der Waals surface area contributed by atoms with Crippen molar-refractivity contribution in [3.8, 4) is 0 Å². The van der Waals surface area contributed by atoms with E-state index in [0.29, 0.717) is 43.2 Å². The second-order valence-electron chi connectivity index (χ2n) is 13.6. The van der Waals surface area contributed by atoms with Gasteiger partial charge in [-0.2, -0.15) is 0 Å². The Kier molecular flexibility index (Phi) is 9.16. The summed E-state index contributed by atoms with van der Waals surface area (Å²) >= 11 is 0. The lowest BCUT2D eigenvalue weighted by Crippen LogP contribution is -2.57. The summed E-state index contributed by atoms with van der Waals surface area (Å²) in [6.07, 6.45) is 6.70. The molecule has 47 heavy (non-hydrogen) atoms. The monoisotopic (exact) mass is 672 g/mol. The zero-order chi connectivity index (χ0) is 33.5. The number of benzene rings is 1. The fourth-order valence-electron chi connectivity index (χ4n) is 7.05. The molecule has 5 atom stereocenters. The van der Waals surface area contributed by atoms with Crippen molar-refractivity contribution in [3.05, 3.63) is 47.3 Å². The SMILES string of the molecule is CC(=O)C[C@H]1CCCCC/C=C\[C@@H]2C[C@@]2(C(=O)NS(=O)(=O)C2CC2)NC(=O)[C@@H]2C[C@@H](OC(=O)N3Cc4cccc(F)c4C3)CN2C1=O. The van der Waals surface area contributed by atoms with Crippen LogP contribution >= 0.6 is 0 Å². The van der Waals surface area contributed by atoms with Crippen LogP contribution in [0.15, 0.2) is 30.4 Å². The van der Waals surface area contributed by atoms with Gasteiger partial charge in [0.25, 0.3) is 5.91 Å². The van der Waals surface area contributed by atoms with Gasteiger partial charge in [0.15, 0.2) is 0 Å². The van der Waals surface area contributed by atoms with Crippen LogP contribution in [0.4, 0.5) is 9.18 Å². The largest absolute Gasteiger partial charge is 0.444 e. The zero-order valence-electron chi connectivity index (χ0n) is 26.4. The van der Waals surface area contributed by atoms with Crippen molar-refractivity contribution < 1.29 is 41.5 Å². The Morgan fingerprint density at radius 1 is 1.11 bits per heavy atom. The number of rotatable bonds is 6. The van der Waals surface area contributed by atoms with Gasteiger partial charge in [-0.25, -0.2) is 17.6 Å². The van der Waals surface area contributed by atoms with Crippen molar-refractivity contribution in [2.75, 3.05) is 6.54 Å². The second-order valence-corrected chi connectivity index (χ2v) is 15.6. The number of sulfonamides is 1. The van der Waals surface area contributed by atoms with Crippen molar-refractivity contribution >= 4 is 39.6 Å². The van der Waals surface area contributed by atoms with Crippen molar-refractivity contribution in [3.63, 3.8) is 0 Å². The van der Waals surface area contributed by atoms with Gasteiger partial charge >= 0.3 is 6.09 Å². The first-order chi connectivity index (χ1) is 22.4. The molecule has 5 aliphatic rings. The molecule has 1 aromatic carbocycles. The number of ketones is 1. The van der Waals surface area contributed by atoms with Crippen molar-refractivity contribution in [2.45, 2.75) is 107 Å². The molecule has 0 spiro atoms. The molecule has 0 aromatic heterocycles. The average molecular weight is 673 g/mol. The van der Waals surface area contributed by atoms with Crippen LogP contribution in [0.2, 0.25) is 0 Å². The van der Waals surface area contributed by atoms with E-state index in [1.807, 2.05) is 12.2 Å². The van der Waals surface area contributed by atoms with E-state index in [-0.39, 0.29) is 44.7 Å². The summed E-state index contributed by atoms with van der Waals surface area (Å²) in [5.74, 6) is -3.59. The van der Waals surface area contributed by atoms with Gasteiger partial charge in [-0.05, 0) is 57.1 Å². The maximum Gasteiger partial charge on any atom is 0.410 e. The number of fused-ring (bicyclic) bond motifs is 3. The topological polar surface area (TPSA) is 159 Å². The highest BCUT2D eigenvalue weighted by atomic mass is 32.2. The minimum Gasteiger partial charge on any atom is -0.444 e. The van der Waals surface area contributed by atoms with E-state index in [4.69, 9.17) is 4.74 Å². The molecular formula is C33H41FN4O8S. The van der Waals surface area contributed by atoms with E-state index in [1.165, 1.54) is 22.8 Å². The third-order valence-corrected chi connectivity index (χ3v) is 11.8. The Balaban J connectivity index is 1.24. The first-order valence-electron chi connectivity index (χ1n) is 16.4. The third kappa shape index (κ3) is 7.07. The summed E-state index contributed by atoms with van der Waals surface area (Å²) in [5, 5.41) is 2.16. The molecule has 0 bridgehead atoms. The predicted octanol–water partition coefficient (Wildman–Crippen LogP) is 2.85. The Bertz CT molecular complexity index is 1610. The highest BCUT2D eigenvalue weighted by molar-refractivity contribution is 7.91. The average Bonchev–Trinajstić information content (AvgIpc) is 3.89. The van der Waals surface area contributed by atoms with Crippen LogP contribution in [0.25, 0.3) is 0 Å². The van der Waals surface area contributed by atoms with Gasteiger partial charge < -0.3 is 19.7 Å². The smallest absolute Gasteiger partial charge is 0.410 e. The molecule has 2 aliphatic carbocycles. The first kappa shape index (κ1) is 33.1. The molecule has 2 N–H and O–H groups in total. The molecular weight excluding hydrogens is 631 g/mol. The van der Waals surface area contributed by atoms with E-state index in [0.717, 1.165) is 12.8 Å². The molecule has 254 valence electrons. The normalized spacial score (nSPS) is 30.2. The minimum absolute atomic E-state index is 0.000919. The number of carbonyl (C=O) groups is 5. The molecule has 0 unspecified atom stereocenters. The van der Waals surface area contributed by atoms with Gasteiger partial charge in [0.05, 0.1) is 18.3 Å². The number of amides is 4. The molecule has 2 saturated carbocycles. The van der Waals surface area contributed by atoms with Gasteiger partial charge in [-0.15, -0.1) is 0 Å². The van der Waals surface area contributed by atoms with Crippen molar-refractivity contribution in [1.82, 2.24) is 19.8 Å². The molecule has 1 aromatic rings. The Labute approximate surface area is 273 Å². The van der Waals surface area contributed by atoms with Gasteiger partial charge in [0.1, 0.15) is 29.3 Å². The van der Waals surface area contributed by atoms with E-state index in [2.05, 4.69) is 10.0 Å². The maximum atomic E-state index is 14.3. The van der Waals surface area contributed by atoms with Crippen LogP contribution < -0.4 is 10.0 Å². The number of hydrogen-bond acceptors (Lipinski definition) is 8. The molecule has 3 fully saturated rings. The van der Waals surface area contributed by atoms with Crippen LogP contribution in [0.3, 0.4) is 0 Å². The number of halogens is 1. The quantitative estimate of drug-likeness (QED) is 0.437. The van der Waals surface area contributed by atoms with E-state index < -0.39 is 74.4 Å². The van der Waals surface area contributed by atoms with Gasteiger partial charge in [0, 0.05) is 36.8 Å². The Morgan fingerprint density at radius 3 is 2.62 bits per heavy atom. The minimum atomic E-state index is -3.89. The summed E-state index contributed by atoms with van der Waals surface area (Å²) in [4.78, 5) is 69.6. The van der Waals surface area contributed by atoms with Gasteiger partial charge in [-0.3, -0.25) is 24.0 Å². The summed E-state index contributed by atoms with van der Waals surface area (Å²) in [7, 11) is -3.89. The van der Waals surface area contributed by atoms with Crippen LogP contribution in [0, 0.1) is 17.7 Å². The van der Waals surface area contributed by atoms with Gasteiger partial charge in [-0.1, -0.05) is 37.1 Å². The lowest BCUT2D eigenvalue weighted by Gasteiger charge is -2.29. The molecule has 12 nitrogen and oxygen atoms in total. The number of ether oxygens (including phenoxy) is 1. The number of hydrogen-bond donors (Lipinski definition) is 2. The number of allylic oxidation sites excluding steroid dienone is 1. The highest BCUT2D eigenvalue weighted by Crippen LogP contribution is 2.46. The maximum absolute atomic E-state index is 14.3. The van der Waals surface area contributed by atoms with Crippen molar-refractivity contribution in [2.24, 2.45) is 11.8 Å². The lowest BCUT2D eigenvalue weighted by molar-refractivity contribution is -0.143. The summed E-state index contributed by atoms with van der Waals surface area (Å²) in [6, 6.07) is 3.50. The third-order valence-electron chi connectivity index (χ3n) is 9.94. The Hall–Kier alpha value is -3.81. The predicted molar refractivity (Wildman–Crippen MR) is 166 cm³/mol. The van der Waals surface area contributed by atoms with Gasteiger partial charge in [0.2, 0.25) is 21.8 Å². The number of nitrogens with one attached hydrogen (secondary N) is 2. The molecule has 1 saturated heterocycles. The van der Waals surface area contributed by atoms with Crippen LogP contribution in [0.1, 0.15) is 82.3 Å². The summed E-state index contributed by atoms with van der Waals surface area (Å²) in [5.41, 5.74) is -0.433. The molecule has 6 rings (SSSR count).